The van der Waals surface area contributed by atoms with E-state index in [-0.39, 0.29) is 17.2 Å². The van der Waals surface area contributed by atoms with Crippen molar-refractivity contribution in [1.82, 2.24) is 9.97 Å². The summed E-state index contributed by atoms with van der Waals surface area (Å²) in [6.45, 7) is 0. The van der Waals surface area contributed by atoms with Crippen LogP contribution in [0.4, 0.5) is 0 Å². The molecule has 31 heavy (non-hydrogen) atoms. The van der Waals surface area contributed by atoms with Crippen molar-refractivity contribution in [2.45, 2.75) is 49.3 Å². The third-order valence-electron chi connectivity index (χ3n) is 6.61. The first-order chi connectivity index (χ1) is 14.8. The van der Waals surface area contributed by atoms with Crippen molar-refractivity contribution < 1.29 is 8.42 Å². The average molecular weight is 441 g/mol. The van der Waals surface area contributed by atoms with Gasteiger partial charge in [0.05, 0.1) is 4.90 Å². The third-order valence-corrected chi connectivity index (χ3v) is 7.81. The Kier molecular flexibility index (Phi) is 6.14. The first kappa shape index (κ1) is 21.6. The summed E-state index contributed by atoms with van der Waals surface area (Å²) in [5, 5.41) is 0. The molecule has 2 aliphatic rings. The molecule has 1 heterocycles. The lowest BCUT2D eigenvalue weighted by Gasteiger charge is -2.33. The minimum absolute atomic E-state index is 0.0924. The number of H-pyrrole nitrogens is 2. The molecule has 2 aliphatic carbocycles. The summed E-state index contributed by atoms with van der Waals surface area (Å²) in [7, 11) is -3.43. The molecule has 7 heteroatoms. The van der Waals surface area contributed by atoms with Gasteiger partial charge in [0, 0.05) is 23.9 Å². The lowest BCUT2D eigenvalue weighted by molar-refractivity contribution is 0.262. The van der Waals surface area contributed by atoms with E-state index in [1.54, 1.807) is 24.3 Å². The fourth-order valence-corrected chi connectivity index (χ4v) is 5.98. The maximum atomic E-state index is 12.7. The molecule has 0 spiro atoms. The van der Waals surface area contributed by atoms with Crippen LogP contribution in [0.25, 0.3) is 0 Å². The second-order valence-corrected chi connectivity index (χ2v) is 10.7. The number of hydrogen-bond acceptors (Lipinski definition) is 4. The molecular weight excluding hydrogens is 412 g/mol. The van der Waals surface area contributed by atoms with Gasteiger partial charge in [-0.2, -0.15) is 0 Å². The predicted octanol–water partition coefficient (Wildman–Crippen LogP) is 3.46. The van der Waals surface area contributed by atoms with Crippen LogP contribution in [0.2, 0.25) is 0 Å². The van der Waals surface area contributed by atoms with Crippen molar-refractivity contribution in [3.05, 3.63) is 86.2 Å². The second-order valence-electron chi connectivity index (χ2n) is 8.68. The molecule has 2 N–H and O–H groups in total. The molecule has 0 radical (unpaired) electrons. The zero-order valence-electron chi connectivity index (χ0n) is 17.6. The van der Waals surface area contributed by atoms with Crippen molar-refractivity contribution in [2.75, 3.05) is 6.26 Å². The van der Waals surface area contributed by atoms with Crippen LogP contribution in [-0.2, 0) is 16.3 Å². The Balaban J connectivity index is 1.62. The van der Waals surface area contributed by atoms with E-state index in [0.717, 1.165) is 32.1 Å². The standard InChI is InChI=1S/C24H28N2O4S/c1-31(29,30)21-10-6-5-9-19(21)15-20-22(25-24(28)26-23(20)27)18-13-11-17(12-14-18)16-7-3-2-4-8-16/h2-7,9-10,16-18H,8,11-15H2,1H3,(H2,25,26,27,28)/t16?,17-,18-. The number of nitrogens with one attached hydrogen (secondary N) is 2. The lowest BCUT2D eigenvalue weighted by Crippen LogP contribution is -2.31. The molecule has 1 atom stereocenters. The van der Waals surface area contributed by atoms with Crippen LogP contribution in [0.3, 0.4) is 0 Å². The summed E-state index contributed by atoms with van der Waals surface area (Å²) in [5.74, 6) is 1.26. The number of hydrogen-bond donors (Lipinski definition) is 2. The Morgan fingerprint density at radius 3 is 2.42 bits per heavy atom. The Morgan fingerprint density at radius 1 is 1.00 bits per heavy atom. The lowest BCUT2D eigenvalue weighted by atomic mass is 9.72. The van der Waals surface area contributed by atoms with Gasteiger partial charge in [-0.1, -0.05) is 42.5 Å². The number of benzene rings is 1. The number of aromatic nitrogens is 2. The maximum absolute atomic E-state index is 12.7. The van der Waals surface area contributed by atoms with Gasteiger partial charge in [-0.05, 0) is 61.5 Å². The molecule has 0 saturated heterocycles. The van der Waals surface area contributed by atoms with Crippen LogP contribution in [0, 0.1) is 11.8 Å². The zero-order chi connectivity index (χ0) is 22.0. The summed E-state index contributed by atoms with van der Waals surface area (Å²) in [5.41, 5.74) is 0.734. The van der Waals surface area contributed by atoms with Crippen molar-refractivity contribution >= 4 is 9.84 Å². The number of allylic oxidation sites excluding steroid dienone is 4. The molecule has 0 bridgehead atoms. The van der Waals surface area contributed by atoms with E-state index < -0.39 is 21.1 Å². The van der Waals surface area contributed by atoms with E-state index >= 15 is 0 Å². The Labute approximate surface area is 182 Å². The first-order valence-corrected chi connectivity index (χ1v) is 12.7. The monoisotopic (exact) mass is 440 g/mol. The SMILES string of the molecule is CS(=O)(=O)c1ccccc1Cc1c(=O)[nH]c(=O)[nH]c1[C@H]1CC[C@H](C2C=CC=CC2)CC1. The fourth-order valence-electron chi connectivity index (χ4n) is 5.04. The zero-order valence-corrected chi connectivity index (χ0v) is 18.5. The molecule has 1 aromatic carbocycles. The van der Waals surface area contributed by atoms with Gasteiger partial charge in [0.1, 0.15) is 0 Å². The summed E-state index contributed by atoms with van der Waals surface area (Å²) in [6.07, 6.45) is 15.0. The van der Waals surface area contributed by atoms with Crippen LogP contribution in [0.5, 0.6) is 0 Å². The highest BCUT2D eigenvalue weighted by Gasteiger charge is 2.29. The van der Waals surface area contributed by atoms with E-state index in [1.165, 1.54) is 6.26 Å². The number of sulfone groups is 1. The van der Waals surface area contributed by atoms with Gasteiger partial charge in [0.2, 0.25) is 0 Å². The molecule has 1 saturated carbocycles. The molecule has 4 rings (SSSR count). The van der Waals surface area contributed by atoms with Crippen LogP contribution in [0.1, 0.15) is 54.8 Å². The van der Waals surface area contributed by atoms with Gasteiger partial charge in [-0.15, -0.1) is 0 Å². The van der Waals surface area contributed by atoms with Crippen molar-refractivity contribution in [3.63, 3.8) is 0 Å². The minimum atomic E-state index is -3.43. The largest absolute Gasteiger partial charge is 0.325 e. The number of aromatic amines is 2. The van der Waals surface area contributed by atoms with Gasteiger partial charge in [0.15, 0.2) is 9.84 Å². The first-order valence-electron chi connectivity index (χ1n) is 10.8. The fraction of sp³-hybridized carbons (Fsp3) is 0.417. The summed E-state index contributed by atoms with van der Waals surface area (Å²) in [6, 6.07) is 6.72. The molecule has 1 unspecified atom stereocenters. The molecule has 2 aromatic rings. The summed E-state index contributed by atoms with van der Waals surface area (Å²) < 4.78 is 24.4. The summed E-state index contributed by atoms with van der Waals surface area (Å²) >= 11 is 0. The molecule has 1 aromatic heterocycles. The highest BCUT2D eigenvalue weighted by molar-refractivity contribution is 7.90. The molecule has 0 aliphatic heterocycles. The molecule has 1 fully saturated rings. The second kappa shape index (κ2) is 8.83. The average Bonchev–Trinajstić information content (AvgIpc) is 2.76. The Morgan fingerprint density at radius 2 is 1.74 bits per heavy atom. The quantitative estimate of drug-likeness (QED) is 0.744. The summed E-state index contributed by atoms with van der Waals surface area (Å²) in [4.78, 5) is 30.2. The van der Waals surface area contributed by atoms with Gasteiger partial charge in [0.25, 0.3) is 5.56 Å². The van der Waals surface area contributed by atoms with E-state index in [4.69, 9.17) is 0 Å². The highest BCUT2D eigenvalue weighted by Crippen LogP contribution is 2.40. The van der Waals surface area contributed by atoms with Crippen LogP contribution >= 0.6 is 0 Å². The van der Waals surface area contributed by atoms with Gasteiger partial charge in [-0.3, -0.25) is 9.78 Å². The highest BCUT2D eigenvalue weighted by atomic mass is 32.2. The van der Waals surface area contributed by atoms with E-state index in [9.17, 15) is 18.0 Å². The van der Waals surface area contributed by atoms with Crippen molar-refractivity contribution in [1.29, 1.82) is 0 Å². The maximum Gasteiger partial charge on any atom is 0.325 e. The Hall–Kier alpha value is -2.67. The van der Waals surface area contributed by atoms with Crippen LogP contribution in [-0.4, -0.2) is 24.6 Å². The molecule has 6 nitrogen and oxygen atoms in total. The van der Waals surface area contributed by atoms with Crippen molar-refractivity contribution in [3.8, 4) is 0 Å². The number of rotatable bonds is 5. The minimum Gasteiger partial charge on any atom is -0.311 e. The van der Waals surface area contributed by atoms with Gasteiger partial charge >= 0.3 is 5.69 Å². The normalized spacial score (nSPS) is 23.7. The van der Waals surface area contributed by atoms with Crippen molar-refractivity contribution in [2.24, 2.45) is 11.8 Å². The van der Waals surface area contributed by atoms with Crippen LogP contribution in [0.15, 0.2) is 63.1 Å². The van der Waals surface area contributed by atoms with Gasteiger partial charge in [-0.25, -0.2) is 13.2 Å². The molecular formula is C24H28N2O4S. The Bertz CT molecular complexity index is 1230. The van der Waals surface area contributed by atoms with Gasteiger partial charge < -0.3 is 4.98 Å². The predicted molar refractivity (Wildman–Crippen MR) is 121 cm³/mol. The smallest absolute Gasteiger partial charge is 0.311 e. The molecule has 0 amide bonds. The topological polar surface area (TPSA) is 99.9 Å². The van der Waals surface area contributed by atoms with E-state index in [1.807, 2.05) is 0 Å². The van der Waals surface area contributed by atoms with E-state index in [0.29, 0.717) is 28.7 Å². The third kappa shape index (κ3) is 4.82. The molecule has 164 valence electrons. The van der Waals surface area contributed by atoms with Crippen LogP contribution < -0.4 is 11.2 Å². The van der Waals surface area contributed by atoms with E-state index in [2.05, 4.69) is 34.3 Å².